The van der Waals surface area contributed by atoms with E-state index in [0.717, 1.165) is 27.4 Å². The minimum absolute atomic E-state index is 0.675. The highest BCUT2D eigenvalue weighted by Crippen LogP contribution is 2.27. The first kappa shape index (κ1) is 16.3. The van der Waals surface area contributed by atoms with E-state index < -0.39 is 0 Å². The predicted octanol–water partition coefficient (Wildman–Crippen LogP) is 5.04. The number of aryl methyl sites for hydroxylation is 1. The van der Waals surface area contributed by atoms with Crippen LogP contribution in [0.15, 0.2) is 59.1 Å². The van der Waals surface area contributed by atoms with Crippen molar-refractivity contribution in [3.05, 3.63) is 64.9 Å². The minimum Gasteiger partial charge on any atom is -0.495 e. The molecule has 24 heavy (non-hydrogen) atoms. The number of hydrogen-bond donors (Lipinski definition) is 2. The largest absolute Gasteiger partial charge is 0.495 e. The van der Waals surface area contributed by atoms with Gasteiger partial charge in [0.15, 0.2) is 0 Å². The zero-order valence-electron chi connectivity index (χ0n) is 13.4. The smallest absolute Gasteiger partial charge is 0.142 e. The van der Waals surface area contributed by atoms with E-state index in [4.69, 9.17) is 4.74 Å². The summed E-state index contributed by atoms with van der Waals surface area (Å²) in [4.78, 5) is 8.87. The highest BCUT2D eigenvalue weighted by Gasteiger charge is 2.06. The molecule has 0 aliphatic rings. The maximum atomic E-state index is 5.36. The van der Waals surface area contributed by atoms with E-state index in [0.29, 0.717) is 11.6 Å². The molecule has 5 nitrogen and oxygen atoms in total. The normalized spacial score (nSPS) is 10.3. The number of para-hydroxylation sites is 2. The van der Waals surface area contributed by atoms with Gasteiger partial charge in [0, 0.05) is 16.2 Å². The molecule has 0 saturated carbocycles. The number of aromatic nitrogens is 2. The van der Waals surface area contributed by atoms with Crippen molar-refractivity contribution >= 4 is 38.9 Å². The van der Waals surface area contributed by atoms with Gasteiger partial charge in [0.2, 0.25) is 0 Å². The van der Waals surface area contributed by atoms with Crippen LogP contribution in [0.25, 0.3) is 0 Å². The summed E-state index contributed by atoms with van der Waals surface area (Å²) >= 11 is 3.43. The van der Waals surface area contributed by atoms with Gasteiger partial charge in [0.25, 0.3) is 0 Å². The topological polar surface area (TPSA) is 59.1 Å². The Morgan fingerprint density at radius 2 is 1.58 bits per heavy atom. The van der Waals surface area contributed by atoms with Crippen LogP contribution < -0.4 is 15.4 Å². The first-order chi connectivity index (χ1) is 11.6. The van der Waals surface area contributed by atoms with Crippen molar-refractivity contribution in [1.82, 2.24) is 9.97 Å². The van der Waals surface area contributed by atoms with Crippen molar-refractivity contribution in [2.24, 2.45) is 0 Å². The summed E-state index contributed by atoms with van der Waals surface area (Å²) in [6, 6.07) is 17.5. The molecule has 0 fully saturated rings. The van der Waals surface area contributed by atoms with E-state index in [2.05, 4.69) is 36.5 Å². The van der Waals surface area contributed by atoms with Gasteiger partial charge in [0.1, 0.15) is 23.2 Å². The van der Waals surface area contributed by atoms with Crippen LogP contribution in [0.1, 0.15) is 5.82 Å². The molecule has 0 saturated heterocycles. The molecule has 6 heteroatoms. The monoisotopic (exact) mass is 384 g/mol. The number of rotatable bonds is 5. The summed E-state index contributed by atoms with van der Waals surface area (Å²) in [6.45, 7) is 1.86. The lowest BCUT2D eigenvalue weighted by atomic mass is 10.3. The van der Waals surface area contributed by atoms with Crippen molar-refractivity contribution in [2.75, 3.05) is 17.7 Å². The summed E-state index contributed by atoms with van der Waals surface area (Å²) < 4.78 is 6.39. The molecular formula is C18H17BrN4O. The average Bonchev–Trinajstić information content (AvgIpc) is 2.57. The molecule has 1 heterocycles. The Morgan fingerprint density at radius 1 is 0.917 bits per heavy atom. The molecule has 1 aromatic heterocycles. The molecule has 0 spiro atoms. The SMILES string of the molecule is COc1ccccc1Nc1cc(Nc2ccc(Br)cc2)nc(C)n1. The summed E-state index contributed by atoms with van der Waals surface area (Å²) in [7, 11) is 1.65. The minimum atomic E-state index is 0.675. The zero-order valence-corrected chi connectivity index (χ0v) is 15.0. The summed E-state index contributed by atoms with van der Waals surface area (Å²) in [5, 5.41) is 6.56. The number of halogens is 1. The van der Waals surface area contributed by atoms with Gasteiger partial charge in [-0.25, -0.2) is 9.97 Å². The molecule has 0 atom stereocenters. The number of benzene rings is 2. The maximum Gasteiger partial charge on any atom is 0.142 e. The van der Waals surface area contributed by atoms with Crippen molar-refractivity contribution < 1.29 is 4.74 Å². The molecular weight excluding hydrogens is 368 g/mol. The van der Waals surface area contributed by atoms with Crippen LogP contribution >= 0.6 is 15.9 Å². The molecule has 0 radical (unpaired) electrons. The van der Waals surface area contributed by atoms with Crippen LogP contribution in [0.3, 0.4) is 0 Å². The molecule has 0 aliphatic heterocycles. The number of ether oxygens (including phenoxy) is 1. The highest BCUT2D eigenvalue weighted by molar-refractivity contribution is 9.10. The van der Waals surface area contributed by atoms with Crippen LogP contribution in [0.4, 0.5) is 23.0 Å². The van der Waals surface area contributed by atoms with Crippen LogP contribution in [0, 0.1) is 6.92 Å². The third kappa shape index (κ3) is 4.02. The molecule has 0 aliphatic carbocycles. The second-order valence-corrected chi connectivity index (χ2v) is 6.06. The second-order valence-electron chi connectivity index (χ2n) is 5.14. The van der Waals surface area contributed by atoms with Gasteiger partial charge < -0.3 is 15.4 Å². The van der Waals surface area contributed by atoms with Gasteiger partial charge in [0.05, 0.1) is 12.8 Å². The molecule has 122 valence electrons. The van der Waals surface area contributed by atoms with Crippen molar-refractivity contribution in [3.8, 4) is 5.75 Å². The lowest BCUT2D eigenvalue weighted by molar-refractivity contribution is 0.417. The van der Waals surface area contributed by atoms with Gasteiger partial charge in [-0.15, -0.1) is 0 Å². The van der Waals surface area contributed by atoms with Crippen molar-refractivity contribution in [3.63, 3.8) is 0 Å². The Labute approximate surface area is 149 Å². The quantitative estimate of drug-likeness (QED) is 0.644. The van der Waals surface area contributed by atoms with E-state index in [1.807, 2.05) is 61.5 Å². The van der Waals surface area contributed by atoms with Gasteiger partial charge >= 0.3 is 0 Å². The number of methoxy groups -OCH3 is 1. The lowest BCUT2D eigenvalue weighted by Crippen LogP contribution is -2.02. The van der Waals surface area contributed by atoms with Crippen LogP contribution in [0.5, 0.6) is 5.75 Å². The first-order valence-electron chi connectivity index (χ1n) is 7.42. The molecule has 3 rings (SSSR count). The van der Waals surface area contributed by atoms with Crippen LogP contribution in [-0.2, 0) is 0 Å². The standard InChI is InChI=1S/C18H17BrN4O/c1-12-20-17(22-14-9-7-13(19)8-10-14)11-18(21-12)23-15-5-3-4-6-16(15)24-2/h3-11H,1-2H3,(H2,20,21,22,23). The third-order valence-corrected chi connectivity index (χ3v) is 3.85. The van der Waals surface area contributed by atoms with E-state index in [-0.39, 0.29) is 0 Å². The fraction of sp³-hybridized carbons (Fsp3) is 0.111. The molecule has 0 amide bonds. The Morgan fingerprint density at radius 3 is 2.29 bits per heavy atom. The van der Waals surface area contributed by atoms with Crippen LogP contribution in [-0.4, -0.2) is 17.1 Å². The molecule has 0 bridgehead atoms. The fourth-order valence-corrected chi connectivity index (χ4v) is 2.53. The first-order valence-corrected chi connectivity index (χ1v) is 8.21. The molecule has 2 aromatic carbocycles. The summed E-state index contributed by atoms with van der Waals surface area (Å²) in [6.07, 6.45) is 0. The fourth-order valence-electron chi connectivity index (χ4n) is 2.26. The van der Waals surface area contributed by atoms with Gasteiger partial charge in [-0.05, 0) is 43.3 Å². The number of nitrogens with one attached hydrogen (secondary N) is 2. The summed E-state index contributed by atoms with van der Waals surface area (Å²) in [5.74, 6) is 2.86. The van der Waals surface area contributed by atoms with Gasteiger partial charge in [-0.2, -0.15) is 0 Å². The lowest BCUT2D eigenvalue weighted by Gasteiger charge is -2.12. The average molecular weight is 385 g/mol. The van der Waals surface area contributed by atoms with Crippen molar-refractivity contribution in [2.45, 2.75) is 6.92 Å². The zero-order chi connectivity index (χ0) is 16.9. The Hall–Kier alpha value is -2.60. The number of nitrogens with zero attached hydrogens (tertiary/aromatic N) is 2. The van der Waals surface area contributed by atoms with Gasteiger partial charge in [-0.1, -0.05) is 28.1 Å². The van der Waals surface area contributed by atoms with Crippen LogP contribution in [0.2, 0.25) is 0 Å². The number of anilines is 4. The van der Waals surface area contributed by atoms with E-state index in [1.165, 1.54) is 0 Å². The molecule has 3 aromatic rings. The maximum absolute atomic E-state index is 5.36. The summed E-state index contributed by atoms with van der Waals surface area (Å²) in [5.41, 5.74) is 1.81. The van der Waals surface area contributed by atoms with Gasteiger partial charge in [-0.3, -0.25) is 0 Å². The van der Waals surface area contributed by atoms with E-state index in [9.17, 15) is 0 Å². The third-order valence-electron chi connectivity index (χ3n) is 3.32. The number of hydrogen-bond acceptors (Lipinski definition) is 5. The molecule has 2 N–H and O–H groups in total. The highest BCUT2D eigenvalue weighted by atomic mass is 79.9. The van der Waals surface area contributed by atoms with E-state index in [1.54, 1.807) is 7.11 Å². The second kappa shape index (κ2) is 7.31. The predicted molar refractivity (Wildman–Crippen MR) is 100 cm³/mol. The van der Waals surface area contributed by atoms with Crippen molar-refractivity contribution in [1.29, 1.82) is 0 Å². The Kier molecular flexibility index (Phi) is 4.96. The Bertz CT molecular complexity index is 837. The molecule has 0 unspecified atom stereocenters. The van der Waals surface area contributed by atoms with E-state index >= 15 is 0 Å². The Balaban J connectivity index is 1.84.